The highest BCUT2D eigenvalue weighted by atomic mass is 16.1. The van der Waals surface area contributed by atoms with Crippen molar-refractivity contribution in [3.8, 4) is 6.07 Å². The van der Waals surface area contributed by atoms with Gasteiger partial charge in [0.2, 0.25) is 0 Å². The molecule has 0 saturated heterocycles. The van der Waals surface area contributed by atoms with Crippen molar-refractivity contribution in [2.45, 2.75) is 19.9 Å². The fourth-order valence-electron chi connectivity index (χ4n) is 1.95. The first-order valence-electron chi connectivity index (χ1n) is 6.51. The summed E-state index contributed by atoms with van der Waals surface area (Å²) >= 11 is 0. The molecule has 3 nitrogen and oxygen atoms in total. The third kappa shape index (κ3) is 3.24. The smallest absolute Gasteiger partial charge is 0.262 e. The predicted molar refractivity (Wildman–Crippen MR) is 80.8 cm³/mol. The molecule has 1 amide bonds. The number of amides is 1. The Balaban J connectivity index is 2.35. The highest BCUT2D eigenvalue weighted by molar-refractivity contribution is 6.02. The summed E-state index contributed by atoms with van der Waals surface area (Å²) in [4.78, 5) is 11.9. The number of carbonyl (C=O) groups excluding carboxylic acids is 1. The topological polar surface area (TPSA) is 52.9 Å². The van der Waals surface area contributed by atoms with Crippen LogP contribution >= 0.6 is 0 Å². The lowest BCUT2D eigenvalue weighted by atomic mass is 10.0. The van der Waals surface area contributed by atoms with Gasteiger partial charge in [-0.05, 0) is 42.3 Å². The van der Waals surface area contributed by atoms with Crippen molar-refractivity contribution in [2.75, 3.05) is 0 Å². The van der Waals surface area contributed by atoms with E-state index in [2.05, 4.69) is 5.32 Å². The van der Waals surface area contributed by atoms with E-state index in [1.165, 1.54) is 0 Å². The molecule has 100 valence electrons. The highest BCUT2D eigenvalue weighted by Gasteiger charge is 2.09. The molecule has 0 fully saturated rings. The maximum atomic E-state index is 11.9. The summed E-state index contributed by atoms with van der Waals surface area (Å²) in [5.74, 6) is -0.337. The number of nitriles is 1. The van der Waals surface area contributed by atoms with Gasteiger partial charge >= 0.3 is 0 Å². The first-order chi connectivity index (χ1) is 9.60. The zero-order valence-corrected chi connectivity index (χ0v) is 11.6. The van der Waals surface area contributed by atoms with Crippen molar-refractivity contribution < 1.29 is 4.79 Å². The second-order valence-electron chi connectivity index (χ2n) is 4.90. The maximum Gasteiger partial charge on any atom is 0.262 e. The number of hydrogen-bond acceptors (Lipinski definition) is 2. The Labute approximate surface area is 118 Å². The normalized spacial score (nSPS) is 11.4. The molecule has 2 rings (SSSR count). The van der Waals surface area contributed by atoms with Crippen molar-refractivity contribution in [3.05, 3.63) is 53.6 Å². The Morgan fingerprint density at radius 3 is 2.55 bits per heavy atom. The molecule has 0 aromatic heterocycles. The SMILES string of the molecule is CC(C)NC(=O)C(C#N)=Cc1ccc2ccccc2c1. The van der Waals surface area contributed by atoms with Crippen LogP contribution in [0.2, 0.25) is 0 Å². The van der Waals surface area contributed by atoms with Crippen LogP contribution in [-0.2, 0) is 4.79 Å². The van der Waals surface area contributed by atoms with Gasteiger partial charge < -0.3 is 5.32 Å². The number of hydrogen-bond donors (Lipinski definition) is 1. The molecule has 0 atom stereocenters. The van der Waals surface area contributed by atoms with Crippen LogP contribution < -0.4 is 5.32 Å². The molecule has 0 saturated carbocycles. The summed E-state index contributed by atoms with van der Waals surface area (Å²) in [6.07, 6.45) is 1.62. The lowest BCUT2D eigenvalue weighted by Crippen LogP contribution is -2.30. The van der Waals surface area contributed by atoms with E-state index in [9.17, 15) is 4.79 Å². The summed E-state index contributed by atoms with van der Waals surface area (Å²) < 4.78 is 0. The second kappa shape index (κ2) is 6.03. The van der Waals surface area contributed by atoms with Gasteiger partial charge in [-0.25, -0.2) is 0 Å². The average molecular weight is 264 g/mol. The molecule has 1 N–H and O–H groups in total. The first kappa shape index (κ1) is 13.8. The molecular formula is C17H16N2O. The number of carbonyl (C=O) groups is 1. The fraction of sp³-hybridized carbons (Fsp3) is 0.176. The minimum Gasteiger partial charge on any atom is -0.349 e. The van der Waals surface area contributed by atoms with Gasteiger partial charge in [0, 0.05) is 6.04 Å². The summed E-state index contributed by atoms with van der Waals surface area (Å²) in [6.45, 7) is 3.73. The Bertz CT molecular complexity index is 708. The second-order valence-corrected chi connectivity index (χ2v) is 4.90. The molecular weight excluding hydrogens is 248 g/mol. The first-order valence-corrected chi connectivity index (χ1v) is 6.51. The molecule has 2 aromatic carbocycles. The van der Waals surface area contributed by atoms with Crippen molar-refractivity contribution in [2.24, 2.45) is 0 Å². The van der Waals surface area contributed by atoms with Gasteiger partial charge in [-0.1, -0.05) is 36.4 Å². The molecule has 0 heterocycles. The zero-order chi connectivity index (χ0) is 14.5. The maximum absolute atomic E-state index is 11.9. The largest absolute Gasteiger partial charge is 0.349 e. The van der Waals surface area contributed by atoms with Gasteiger partial charge in [0.05, 0.1) is 0 Å². The monoisotopic (exact) mass is 264 g/mol. The quantitative estimate of drug-likeness (QED) is 0.683. The molecule has 0 aliphatic heterocycles. The van der Waals surface area contributed by atoms with Crippen LogP contribution in [0.5, 0.6) is 0 Å². The van der Waals surface area contributed by atoms with E-state index in [1.54, 1.807) is 6.08 Å². The van der Waals surface area contributed by atoms with Gasteiger partial charge in [0.25, 0.3) is 5.91 Å². The van der Waals surface area contributed by atoms with Crippen LogP contribution in [0.3, 0.4) is 0 Å². The molecule has 0 radical (unpaired) electrons. The van der Waals surface area contributed by atoms with Crippen LogP contribution in [0.25, 0.3) is 16.8 Å². The molecule has 0 spiro atoms. The zero-order valence-electron chi connectivity index (χ0n) is 11.6. The van der Waals surface area contributed by atoms with Crippen LogP contribution in [0, 0.1) is 11.3 Å². The van der Waals surface area contributed by atoms with Crippen molar-refractivity contribution in [1.29, 1.82) is 5.26 Å². The van der Waals surface area contributed by atoms with E-state index in [-0.39, 0.29) is 17.5 Å². The highest BCUT2D eigenvalue weighted by Crippen LogP contribution is 2.17. The van der Waals surface area contributed by atoms with E-state index in [1.807, 2.05) is 62.4 Å². The molecule has 20 heavy (non-hydrogen) atoms. The molecule has 0 bridgehead atoms. The lowest BCUT2D eigenvalue weighted by molar-refractivity contribution is -0.117. The molecule has 0 aliphatic carbocycles. The van der Waals surface area contributed by atoms with Crippen LogP contribution in [-0.4, -0.2) is 11.9 Å². The Kier molecular flexibility index (Phi) is 4.17. The molecule has 0 aliphatic rings. The minimum atomic E-state index is -0.337. The van der Waals surface area contributed by atoms with Gasteiger partial charge in [-0.2, -0.15) is 5.26 Å². The Morgan fingerprint density at radius 2 is 1.90 bits per heavy atom. The third-order valence-corrected chi connectivity index (χ3v) is 2.87. The fourth-order valence-corrected chi connectivity index (χ4v) is 1.95. The van der Waals surface area contributed by atoms with Crippen molar-refractivity contribution in [3.63, 3.8) is 0 Å². The van der Waals surface area contributed by atoms with E-state index < -0.39 is 0 Å². The van der Waals surface area contributed by atoms with Crippen LogP contribution in [0.4, 0.5) is 0 Å². The van der Waals surface area contributed by atoms with E-state index in [4.69, 9.17) is 5.26 Å². The Hall–Kier alpha value is -2.60. The standard InChI is InChI=1S/C17H16N2O/c1-12(2)19-17(20)16(11-18)10-13-7-8-14-5-3-4-6-15(14)9-13/h3-10,12H,1-2H3,(H,19,20). The third-order valence-electron chi connectivity index (χ3n) is 2.87. The van der Waals surface area contributed by atoms with E-state index >= 15 is 0 Å². The number of nitrogens with zero attached hydrogens (tertiary/aromatic N) is 1. The van der Waals surface area contributed by atoms with Crippen LogP contribution in [0.15, 0.2) is 48.0 Å². The lowest BCUT2D eigenvalue weighted by Gasteiger charge is -2.07. The summed E-state index contributed by atoms with van der Waals surface area (Å²) in [7, 11) is 0. The predicted octanol–water partition coefficient (Wildman–Crippen LogP) is 3.27. The van der Waals surface area contributed by atoms with Gasteiger partial charge in [-0.3, -0.25) is 4.79 Å². The van der Waals surface area contributed by atoms with Crippen molar-refractivity contribution in [1.82, 2.24) is 5.32 Å². The van der Waals surface area contributed by atoms with Crippen molar-refractivity contribution >= 4 is 22.8 Å². The van der Waals surface area contributed by atoms with Gasteiger partial charge in [0.15, 0.2) is 0 Å². The average Bonchev–Trinajstić information content (AvgIpc) is 2.43. The molecule has 2 aromatic rings. The van der Waals surface area contributed by atoms with Gasteiger partial charge in [-0.15, -0.1) is 0 Å². The van der Waals surface area contributed by atoms with Gasteiger partial charge in [0.1, 0.15) is 11.6 Å². The number of benzene rings is 2. The molecule has 0 unspecified atom stereocenters. The Morgan fingerprint density at radius 1 is 1.20 bits per heavy atom. The molecule has 3 heteroatoms. The number of rotatable bonds is 3. The summed E-state index contributed by atoms with van der Waals surface area (Å²) in [5, 5.41) is 14.0. The number of nitrogens with one attached hydrogen (secondary N) is 1. The minimum absolute atomic E-state index is 0.0100. The van der Waals surface area contributed by atoms with Crippen LogP contribution in [0.1, 0.15) is 19.4 Å². The summed E-state index contributed by atoms with van der Waals surface area (Å²) in [5.41, 5.74) is 0.966. The number of fused-ring (bicyclic) bond motifs is 1. The van der Waals surface area contributed by atoms with E-state index in [0.717, 1.165) is 16.3 Å². The summed E-state index contributed by atoms with van der Waals surface area (Å²) in [6, 6.07) is 15.8. The van der Waals surface area contributed by atoms with E-state index in [0.29, 0.717) is 0 Å².